The molecule has 0 amide bonds. The van der Waals surface area contributed by atoms with E-state index in [4.69, 9.17) is 10.5 Å². The number of rotatable bonds is 3. The third-order valence-electron chi connectivity index (χ3n) is 3.42. The lowest BCUT2D eigenvalue weighted by atomic mass is 9.98. The number of nitrogens with zero attached hydrogens (tertiary/aromatic N) is 1. The van der Waals surface area contributed by atoms with Gasteiger partial charge in [0, 0.05) is 17.9 Å². The van der Waals surface area contributed by atoms with E-state index < -0.39 is 0 Å². The Morgan fingerprint density at radius 2 is 2.33 bits per heavy atom. The van der Waals surface area contributed by atoms with E-state index in [-0.39, 0.29) is 12.0 Å². The molecule has 2 N–H and O–H groups in total. The second kappa shape index (κ2) is 5.29. The van der Waals surface area contributed by atoms with Gasteiger partial charge in [0.05, 0.1) is 6.61 Å². The molecule has 1 aromatic carbocycles. The molecule has 98 valence electrons. The molecule has 0 aliphatic carbocycles. The van der Waals surface area contributed by atoms with Crippen LogP contribution in [0.4, 0.5) is 11.4 Å². The molecule has 4 nitrogen and oxygen atoms in total. The van der Waals surface area contributed by atoms with Gasteiger partial charge in [-0.25, -0.2) is 4.79 Å². The van der Waals surface area contributed by atoms with Crippen LogP contribution in [0.5, 0.6) is 0 Å². The lowest BCUT2D eigenvalue weighted by Gasteiger charge is -2.35. The van der Waals surface area contributed by atoms with Crippen molar-refractivity contribution in [2.24, 2.45) is 0 Å². The van der Waals surface area contributed by atoms with Crippen LogP contribution in [0.1, 0.15) is 25.8 Å². The van der Waals surface area contributed by atoms with Crippen LogP contribution in [0, 0.1) is 0 Å². The van der Waals surface area contributed by atoms with E-state index >= 15 is 0 Å². The van der Waals surface area contributed by atoms with Gasteiger partial charge in [0.25, 0.3) is 0 Å². The first-order valence-corrected chi connectivity index (χ1v) is 6.45. The summed E-state index contributed by atoms with van der Waals surface area (Å²) in [5, 5.41) is 0. The summed E-state index contributed by atoms with van der Waals surface area (Å²) in [5.41, 5.74) is 9.03. The summed E-state index contributed by atoms with van der Waals surface area (Å²) in [5.74, 6) is -0.173. The van der Waals surface area contributed by atoms with E-state index in [2.05, 4.69) is 4.90 Å². The van der Waals surface area contributed by atoms with Crippen LogP contribution < -0.4 is 10.6 Å². The molecule has 1 heterocycles. The highest BCUT2D eigenvalue weighted by Gasteiger charge is 2.27. The van der Waals surface area contributed by atoms with Crippen LogP contribution in [0.2, 0.25) is 0 Å². The van der Waals surface area contributed by atoms with Crippen molar-refractivity contribution >= 4 is 17.3 Å². The largest absolute Gasteiger partial charge is 0.464 e. The van der Waals surface area contributed by atoms with E-state index in [0.29, 0.717) is 6.61 Å². The van der Waals surface area contributed by atoms with Crippen molar-refractivity contribution in [3.63, 3.8) is 0 Å². The highest BCUT2D eigenvalue weighted by Crippen LogP contribution is 2.32. The first-order chi connectivity index (χ1) is 8.65. The van der Waals surface area contributed by atoms with Crippen molar-refractivity contribution in [1.29, 1.82) is 0 Å². The Labute approximate surface area is 108 Å². The van der Waals surface area contributed by atoms with Gasteiger partial charge < -0.3 is 15.4 Å². The zero-order chi connectivity index (χ0) is 13.1. The van der Waals surface area contributed by atoms with Crippen LogP contribution >= 0.6 is 0 Å². The molecule has 0 radical (unpaired) electrons. The van der Waals surface area contributed by atoms with Crippen molar-refractivity contribution in [2.75, 3.05) is 23.8 Å². The summed E-state index contributed by atoms with van der Waals surface area (Å²) in [6.07, 6.45) is 2.00. The summed E-state index contributed by atoms with van der Waals surface area (Å²) < 4.78 is 5.09. The van der Waals surface area contributed by atoms with Gasteiger partial charge in [-0.2, -0.15) is 0 Å². The van der Waals surface area contributed by atoms with Crippen molar-refractivity contribution in [3.05, 3.63) is 23.8 Å². The highest BCUT2D eigenvalue weighted by atomic mass is 16.5. The van der Waals surface area contributed by atoms with Crippen LogP contribution in [0.15, 0.2) is 18.2 Å². The van der Waals surface area contributed by atoms with Gasteiger partial charge in [-0.05, 0) is 44.4 Å². The molecule has 0 spiro atoms. The molecule has 1 atom stereocenters. The van der Waals surface area contributed by atoms with Crippen LogP contribution in [-0.4, -0.2) is 25.2 Å². The van der Waals surface area contributed by atoms with Crippen molar-refractivity contribution in [2.45, 2.75) is 32.7 Å². The maximum absolute atomic E-state index is 11.8. The molecule has 1 unspecified atom stereocenters. The molecule has 1 aliphatic rings. The number of anilines is 2. The van der Waals surface area contributed by atoms with E-state index in [1.165, 1.54) is 0 Å². The molecule has 0 saturated heterocycles. The average Bonchev–Trinajstić information content (AvgIpc) is 2.38. The van der Waals surface area contributed by atoms with Crippen molar-refractivity contribution in [3.8, 4) is 0 Å². The van der Waals surface area contributed by atoms with Gasteiger partial charge in [0.2, 0.25) is 0 Å². The van der Waals surface area contributed by atoms with E-state index in [0.717, 1.165) is 36.3 Å². The van der Waals surface area contributed by atoms with Crippen LogP contribution in [-0.2, 0) is 16.0 Å². The van der Waals surface area contributed by atoms with Gasteiger partial charge in [-0.1, -0.05) is 6.07 Å². The second-order valence-electron chi connectivity index (χ2n) is 4.57. The minimum absolute atomic E-state index is 0.173. The smallest absolute Gasteiger partial charge is 0.328 e. The topological polar surface area (TPSA) is 55.6 Å². The molecule has 0 bridgehead atoms. The molecule has 0 saturated carbocycles. The lowest BCUT2D eigenvalue weighted by Crippen LogP contribution is -2.43. The molecular weight excluding hydrogens is 228 g/mol. The molecule has 0 aromatic heterocycles. The summed E-state index contributed by atoms with van der Waals surface area (Å²) in [4.78, 5) is 13.9. The number of carbonyl (C=O) groups is 1. The van der Waals surface area contributed by atoms with E-state index in [9.17, 15) is 4.79 Å². The SMILES string of the molecule is CCOC(=O)C(C)N1CCCc2c(N)cccc21. The number of ether oxygens (including phenoxy) is 1. The molecular formula is C14H20N2O2. The van der Waals surface area contributed by atoms with Gasteiger partial charge in [0.1, 0.15) is 6.04 Å². The van der Waals surface area contributed by atoms with E-state index in [1.807, 2.05) is 32.0 Å². The molecule has 0 fully saturated rings. The Bertz CT molecular complexity index is 445. The first kappa shape index (κ1) is 12.7. The number of fused-ring (bicyclic) bond motifs is 1. The lowest BCUT2D eigenvalue weighted by molar-refractivity contribution is -0.144. The third-order valence-corrected chi connectivity index (χ3v) is 3.42. The number of hydrogen-bond donors (Lipinski definition) is 1. The van der Waals surface area contributed by atoms with E-state index in [1.54, 1.807) is 0 Å². The Balaban J connectivity index is 2.27. The summed E-state index contributed by atoms with van der Waals surface area (Å²) in [7, 11) is 0. The second-order valence-corrected chi connectivity index (χ2v) is 4.57. The first-order valence-electron chi connectivity index (χ1n) is 6.45. The molecule has 1 aliphatic heterocycles. The maximum atomic E-state index is 11.8. The zero-order valence-corrected chi connectivity index (χ0v) is 11.0. The predicted octanol–water partition coefficient (Wildman–Crippen LogP) is 1.97. The fraction of sp³-hybridized carbons (Fsp3) is 0.500. The zero-order valence-electron chi connectivity index (χ0n) is 11.0. The molecule has 4 heteroatoms. The van der Waals surface area contributed by atoms with Gasteiger partial charge >= 0.3 is 5.97 Å². The Hall–Kier alpha value is -1.71. The molecule has 2 rings (SSSR count). The quantitative estimate of drug-likeness (QED) is 0.656. The van der Waals surface area contributed by atoms with Crippen molar-refractivity contribution < 1.29 is 9.53 Å². The molecule has 1 aromatic rings. The number of nitrogen functional groups attached to an aromatic ring is 1. The summed E-state index contributed by atoms with van der Waals surface area (Å²) in [6.45, 7) is 5.00. The fourth-order valence-electron chi connectivity index (χ4n) is 2.47. The number of esters is 1. The number of hydrogen-bond acceptors (Lipinski definition) is 4. The summed E-state index contributed by atoms with van der Waals surface area (Å²) in [6, 6.07) is 5.62. The minimum atomic E-state index is -0.259. The van der Waals surface area contributed by atoms with Gasteiger partial charge in [0.15, 0.2) is 0 Å². The normalized spacial score (nSPS) is 16.0. The maximum Gasteiger partial charge on any atom is 0.328 e. The van der Waals surface area contributed by atoms with Gasteiger partial charge in [-0.15, -0.1) is 0 Å². The average molecular weight is 248 g/mol. The van der Waals surface area contributed by atoms with Gasteiger partial charge in [-0.3, -0.25) is 0 Å². The Morgan fingerprint density at radius 1 is 1.56 bits per heavy atom. The predicted molar refractivity (Wildman–Crippen MR) is 72.6 cm³/mol. The Morgan fingerprint density at radius 3 is 3.06 bits per heavy atom. The Kier molecular flexibility index (Phi) is 3.75. The summed E-state index contributed by atoms with van der Waals surface area (Å²) >= 11 is 0. The fourth-order valence-corrected chi connectivity index (χ4v) is 2.47. The number of carbonyl (C=O) groups excluding carboxylic acids is 1. The molecule has 18 heavy (non-hydrogen) atoms. The number of nitrogens with two attached hydrogens (primary N) is 1. The third kappa shape index (κ3) is 2.28. The van der Waals surface area contributed by atoms with Crippen molar-refractivity contribution in [1.82, 2.24) is 0 Å². The minimum Gasteiger partial charge on any atom is -0.464 e. The standard InChI is InChI=1S/C14H20N2O2/c1-3-18-14(17)10(2)16-9-5-6-11-12(15)7-4-8-13(11)16/h4,7-8,10H,3,5-6,9,15H2,1-2H3. The van der Waals surface area contributed by atoms with Crippen LogP contribution in [0.3, 0.4) is 0 Å². The monoisotopic (exact) mass is 248 g/mol. The number of benzene rings is 1. The van der Waals surface area contributed by atoms with Crippen LogP contribution in [0.25, 0.3) is 0 Å². The highest BCUT2D eigenvalue weighted by molar-refractivity contribution is 5.81.